The average molecular weight is 260 g/mol. The lowest BCUT2D eigenvalue weighted by molar-refractivity contribution is 0.0260. The summed E-state index contributed by atoms with van der Waals surface area (Å²) in [5, 5.41) is 0.242. The molecule has 0 aromatic heterocycles. The maximum atomic E-state index is 13.2. The number of hydrogen-bond donors (Lipinski definition) is 1. The van der Waals surface area contributed by atoms with Gasteiger partial charge in [-0.1, -0.05) is 18.2 Å². The largest absolute Gasteiger partial charge is 0.297 e. The minimum absolute atomic E-state index is 0.114. The highest BCUT2D eigenvalue weighted by Gasteiger charge is 2.42. The predicted octanol–water partition coefficient (Wildman–Crippen LogP) is 3.23. The van der Waals surface area contributed by atoms with Gasteiger partial charge in [0.1, 0.15) is 17.2 Å². The molecule has 2 unspecified atom stereocenters. The first-order chi connectivity index (χ1) is 7.94. The maximum Gasteiger partial charge on any atom is 0.126 e. The summed E-state index contributed by atoms with van der Waals surface area (Å²) in [4.78, 5) is 5.22. The smallest absolute Gasteiger partial charge is 0.126 e. The van der Waals surface area contributed by atoms with Gasteiger partial charge in [0.2, 0.25) is 0 Å². The molecule has 1 fully saturated rings. The fraction of sp³-hybridized carbons (Fsp3) is 0.333. The lowest BCUT2D eigenvalue weighted by Gasteiger charge is -2.27. The number of hydrogen-bond acceptors (Lipinski definition) is 2. The van der Waals surface area contributed by atoms with Crippen molar-refractivity contribution in [2.45, 2.75) is 25.0 Å². The van der Waals surface area contributed by atoms with E-state index in [1.165, 1.54) is 12.1 Å². The Balaban J connectivity index is 2.50. The SMILES string of the molecule is C=C(Cl)C1(c2cc(F)cc(F)c2)CC(C)ON1. The van der Waals surface area contributed by atoms with Crippen LogP contribution in [0.3, 0.4) is 0 Å². The Morgan fingerprint density at radius 1 is 1.47 bits per heavy atom. The molecule has 1 aliphatic heterocycles. The number of halogens is 3. The van der Waals surface area contributed by atoms with E-state index < -0.39 is 17.2 Å². The second-order valence-electron chi connectivity index (χ2n) is 4.20. The Bertz CT molecular complexity index is 446. The van der Waals surface area contributed by atoms with E-state index >= 15 is 0 Å². The van der Waals surface area contributed by atoms with Crippen LogP contribution in [0, 0.1) is 11.6 Å². The highest BCUT2D eigenvalue weighted by atomic mass is 35.5. The molecule has 0 saturated carbocycles. The van der Waals surface area contributed by atoms with Gasteiger partial charge in [0, 0.05) is 17.5 Å². The zero-order valence-corrected chi connectivity index (χ0v) is 10.0. The van der Waals surface area contributed by atoms with Gasteiger partial charge in [-0.25, -0.2) is 8.78 Å². The second kappa shape index (κ2) is 4.37. The number of benzene rings is 1. The maximum absolute atomic E-state index is 13.2. The molecule has 0 radical (unpaired) electrons. The van der Waals surface area contributed by atoms with E-state index in [-0.39, 0.29) is 11.1 Å². The minimum Gasteiger partial charge on any atom is -0.297 e. The molecule has 1 N–H and O–H groups in total. The molecule has 0 aliphatic carbocycles. The lowest BCUT2D eigenvalue weighted by Crippen LogP contribution is -2.36. The third-order valence-corrected chi connectivity index (χ3v) is 3.17. The molecule has 5 heteroatoms. The molecular weight excluding hydrogens is 248 g/mol. The van der Waals surface area contributed by atoms with Gasteiger partial charge in [0.25, 0.3) is 0 Å². The van der Waals surface area contributed by atoms with Crippen LogP contribution in [-0.4, -0.2) is 6.10 Å². The number of nitrogens with one attached hydrogen (secondary N) is 1. The zero-order chi connectivity index (χ0) is 12.6. The summed E-state index contributed by atoms with van der Waals surface area (Å²) in [6.07, 6.45) is 0.356. The van der Waals surface area contributed by atoms with Gasteiger partial charge in [0.05, 0.1) is 6.10 Å². The zero-order valence-electron chi connectivity index (χ0n) is 9.27. The van der Waals surface area contributed by atoms with Gasteiger partial charge in [0.15, 0.2) is 0 Å². The topological polar surface area (TPSA) is 21.3 Å². The molecule has 1 heterocycles. The van der Waals surface area contributed by atoms with Crippen molar-refractivity contribution in [1.29, 1.82) is 0 Å². The van der Waals surface area contributed by atoms with Crippen LogP contribution in [0.25, 0.3) is 0 Å². The molecule has 2 atom stereocenters. The number of hydroxylamine groups is 1. The fourth-order valence-corrected chi connectivity index (χ4v) is 2.24. The Hall–Kier alpha value is -0.970. The quantitative estimate of drug-likeness (QED) is 0.881. The van der Waals surface area contributed by atoms with Crippen LogP contribution in [0.2, 0.25) is 0 Å². The Kier molecular flexibility index (Phi) is 3.21. The van der Waals surface area contributed by atoms with E-state index in [0.29, 0.717) is 12.0 Å². The van der Waals surface area contributed by atoms with Gasteiger partial charge in [-0.2, -0.15) is 5.48 Å². The molecule has 1 aromatic carbocycles. The molecular formula is C12H12ClF2NO. The average Bonchev–Trinajstić information content (AvgIpc) is 2.60. The van der Waals surface area contributed by atoms with Crippen molar-refractivity contribution in [1.82, 2.24) is 5.48 Å². The van der Waals surface area contributed by atoms with Gasteiger partial charge < -0.3 is 0 Å². The molecule has 0 spiro atoms. The van der Waals surface area contributed by atoms with Crippen molar-refractivity contribution < 1.29 is 13.6 Å². The summed E-state index contributed by atoms with van der Waals surface area (Å²) in [7, 11) is 0. The van der Waals surface area contributed by atoms with Crippen molar-refractivity contribution >= 4 is 11.6 Å². The highest BCUT2D eigenvalue weighted by Crippen LogP contribution is 2.40. The van der Waals surface area contributed by atoms with Crippen LogP contribution in [0.15, 0.2) is 29.8 Å². The molecule has 17 heavy (non-hydrogen) atoms. The summed E-state index contributed by atoms with van der Waals surface area (Å²) in [5.74, 6) is -1.31. The standard InChI is InChI=1S/C12H12ClF2NO/c1-7-6-12(8(2)13,16-17-7)9-3-10(14)5-11(15)4-9/h3-5,7,16H,2,6H2,1H3. The highest BCUT2D eigenvalue weighted by molar-refractivity contribution is 6.30. The molecule has 0 bridgehead atoms. The normalized spacial score (nSPS) is 28.4. The molecule has 2 rings (SSSR count). The second-order valence-corrected chi connectivity index (χ2v) is 4.66. The van der Waals surface area contributed by atoms with Crippen LogP contribution in [-0.2, 0) is 10.4 Å². The van der Waals surface area contributed by atoms with Crippen LogP contribution >= 0.6 is 11.6 Å². The Morgan fingerprint density at radius 2 is 2.06 bits per heavy atom. The van der Waals surface area contributed by atoms with Gasteiger partial charge in [-0.05, 0) is 24.6 Å². The van der Waals surface area contributed by atoms with Crippen molar-refractivity contribution in [2.24, 2.45) is 0 Å². The van der Waals surface area contributed by atoms with Gasteiger partial charge >= 0.3 is 0 Å². The van der Waals surface area contributed by atoms with E-state index in [4.69, 9.17) is 16.4 Å². The summed E-state index contributed by atoms with van der Waals surface area (Å²) < 4.78 is 26.5. The monoisotopic (exact) mass is 259 g/mol. The van der Waals surface area contributed by atoms with Gasteiger partial charge in [-0.15, -0.1) is 0 Å². The Labute approximate surface area is 103 Å². The molecule has 0 amide bonds. The van der Waals surface area contributed by atoms with Crippen LogP contribution < -0.4 is 5.48 Å². The van der Waals surface area contributed by atoms with Crippen LogP contribution in [0.1, 0.15) is 18.9 Å². The van der Waals surface area contributed by atoms with Crippen molar-refractivity contribution in [2.75, 3.05) is 0 Å². The van der Waals surface area contributed by atoms with Crippen molar-refractivity contribution in [3.05, 3.63) is 47.0 Å². The van der Waals surface area contributed by atoms with Crippen molar-refractivity contribution in [3.63, 3.8) is 0 Å². The summed E-state index contributed by atoms with van der Waals surface area (Å²) in [5.41, 5.74) is 2.16. The van der Waals surface area contributed by atoms with E-state index in [9.17, 15) is 8.78 Å². The minimum atomic E-state index is -0.941. The molecule has 1 saturated heterocycles. The van der Waals surface area contributed by atoms with E-state index in [1.807, 2.05) is 6.92 Å². The van der Waals surface area contributed by atoms with Crippen LogP contribution in [0.4, 0.5) is 8.78 Å². The van der Waals surface area contributed by atoms with E-state index in [0.717, 1.165) is 6.07 Å². The van der Waals surface area contributed by atoms with Crippen LogP contribution in [0.5, 0.6) is 0 Å². The van der Waals surface area contributed by atoms with Gasteiger partial charge in [-0.3, -0.25) is 4.84 Å². The Morgan fingerprint density at radius 3 is 2.47 bits per heavy atom. The van der Waals surface area contributed by atoms with E-state index in [1.54, 1.807) is 0 Å². The summed E-state index contributed by atoms with van der Waals surface area (Å²) >= 11 is 5.96. The summed E-state index contributed by atoms with van der Waals surface area (Å²) in [6.45, 7) is 5.50. The third-order valence-electron chi connectivity index (χ3n) is 2.85. The molecule has 1 aliphatic rings. The van der Waals surface area contributed by atoms with Crippen molar-refractivity contribution in [3.8, 4) is 0 Å². The fourth-order valence-electron chi connectivity index (χ4n) is 2.02. The first kappa shape index (κ1) is 12.5. The molecule has 2 nitrogen and oxygen atoms in total. The van der Waals surface area contributed by atoms with E-state index in [2.05, 4.69) is 12.1 Å². The molecule has 1 aromatic rings. The molecule has 92 valence electrons. The first-order valence-electron chi connectivity index (χ1n) is 5.18. The summed E-state index contributed by atoms with van der Waals surface area (Å²) in [6, 6.07) is 3.27. The first-order valence-corrected chi connectivity index (χ1v) is 5.56. The predicted molar refractivity (Wildman–Crippen MR) is 61.3 cm³/mol. The third kappa shape index (κ3) is 2.20. The lowest BCUT2D eigenvalue weighted by atomic mass is 9.86. The number of rotatable bonds is 2.